The van der Waals surface area contributed by atoms with Gasteiger partial charge in [-0.25, -0.2) is 9.67 Å². The first kappa shape index (κ1) is 22.4. The molecule has 0 spiro atoms. The predicted molar refractivity (Wildman–Crippen MR) is 134 cm³/mol. The molecule has 3 heterocycles. The van der Waals surface area contributed by atoms with Crippen molar-refractivity contribution in [1.29, 1.82) is 0 Å². The van der Waals surface area contributed by atoms with Crippen LogP contribution >= 0.6 is 34.8 Å². The third-order valence-corrected chi connectivity index (χ3v) is 6.18. The molecule has 170 valence electrons. The van der Waals surface area contributed by atoms with Gasteiger partial charge >= 0.3 is 0 Å². The van der Waals surface area contributed by atoms with E-state index < -0.39 is 6.04 Å². The molecule has 0 radical (unpaired) electrons. The summed E-state index contributed by atoms with van der Waals surface area (Å²) < 4.78 is 1.65. The number of rotatable bonds is 4. The van der Waals surface area contributed by atoms with Gasteiger partial charge in [0, 0.05) is 38.1 Å². The zero-order valence-corrected chi connectivity index (χ0v) is 20.0. The Labute approximate surface area is 210 Å². The molecule has 0 fully saturated rings. The van der Waals surface area contributed by atoms with Gasteiger partial charge in [-0.3, -0.25) is 4.79 Å². The van der Waals surface area contributed by atoms with Crippen LogP contribution in [-0.2, 0) is 4.79 Å². The molecule has 4 aromatic rings. The number of carbonyl (C=O) groups excluding carboxylic acids is 1. The minimum atomic E-state index is -0.654. The summed E-state index contributed by atoms with van der Waals surface area (Å²) in [4.78, 5) is 22.3. The smallest absolute Gasteiger partial charge is 0.257 e. The zero-order valence-electron chi connectivity index (χ0n) is 17.8. The third-order valence-electron chi connectivity index (χ3n) is 5.36. The molecule has 1 atom stereocenters. The van der Waals surface area contributed by atoms with Crippen molar-refractivity contribution in [2.24, 2.45) is 0 Å². The lowest BCUT2D eigenvalue weighted by Gasteiger charge is -2.29. The van der Waals surface area contributed by atoms with E-state index >= 15 is 0 Å². The molecule has 10 heteroatoms. The molecular formula is C24H17Cl3N6O. The highest BCUT2D eigenvalue weighted by atomic mass is 35.5. The van der Waals surface area contributed by atoms with Gasteiger partial charge in [0.15, 0.2) is 5.82 Å². The summed E-state index contributed by atoms with van der Waals surface area (Å²) in [7, 11) is 0. The lowest BCUT2D eigenvalue weighted by atomic mass is 9.95. The highest BCUT2D eigenvalue weighted by molar-refractivity contribution is 6.35. The Bertz CT molecular complexity index is 1420. The van der Waals surface area contributed by atoms with Crippen LogP contribution in [0.1, 0.15) is 18.5 Å². The Morgan fingerprint density at radius 2 is 1.79 bits per heavy atom. The average Bonchev–Trinajstić information content (AvgIpc) is 3.23. The van der Waals surface area contributed by atoms with Crippen LogP contribution in [0.25, 0.3) is 11.4 Å². The fraction of sp³-hybridized carbons (Fsp3) is 0.0833. The molecule has 1 unspecified atom stereocenters. The van der Waals surface area contributed by atoms with E-state index in [1.165, 1.54) is 0 Å². The van der Waals surface area contributed by atoms with Crippen LogP contribution in [-0.4, -0.2) is 25.7 Å². The minimum Gasteiger partial charge on any atom is -0.328 e. The number of fused-ring (bicyclic) bond motifs is 1. The van der Waals surface area contributed by atoms with Gasteiger partial charge in [-0.2, -0.15) is 4.98 Å². The van der Waals surface area contributed by atoms with E-state index in [4.69, 9.17) is 39.9 Å². The minimum absolute atomic E-state index is 0.339. The quantitative estimate of drug-likeness (QED) is 0.339. The van der Waals surface area contributed by atoms with Gasteiger partial charge in [-0.15, -0.1) is 5.10 Å². The fourth-order valence-corrected chi connectivity index (χ4v) is 4.44. The number of nitrogens with one attached hydrogen (secondary N) is 2. The number of benzene rings is 2. The molecule has 0 saturated heterocycles. The number of hydrogen-bond donors (Lipinski definition) is 2. The standard InChI is InChI=1S/C24H17Cl3N6O/c1-13-20(23(34)30-19-4-2-3-11-28-19)21(17-10-9-16(26)12-18(17)27)33-24(29-13)31-22(32-33)14-5-7-15(25)8-6-14/h2-12,21H,1H3,(H,28,30,34)(H,29,31,32). The molecule has 7 nitrogen and oxygen atoms in total. The van der Waals surface area contributed by atoms with E-state index in [0.29, 0.717) is 49.5 Å². The van der Waals surface area contributed by atoms with Crippen molar-refractivity contribution < 1.29 is 4.79 Å². The van der Waals surface area contributed by atoms with Crippen LogP contribution in [0.4, 0.5) is 11.8 Å². The Balaban J connectivity index is 1.63. The molecule has 1 amide bonds. The van der Waals surface area contributed by atoms with E-state index in [0.717, 1.165) is 5.56 Å². The maximum atomic E-state index is 13.5. The second-order valence-electron chi connectivity index (χ2n) is 7.61. The second-order valence-corrected chi connectivity index (χ2v) is 8.89. The zero-order chi connectivity index (χ0) is 23.8. The molecule has 2 N–H and O–H groups in total. The first-order chi connectivity index (χ1) is 16.4. The fourth-order valence-electron chi connectivity index (χ4n) is 3.80. The van der Waals surface area contributed by atoms with Crippen molar-refractivity contribution in [3.05, 3.63) is 98.8 Å². The van der Waals surface area contributed by atoms with Crippen molar-refractivity contribution in [3.63, 3.8) is 0 Å². The van der Waals surface area contributed by atoms with Crippen LogP contribution in [0.15, 0.2) is 78.1 Å². The van der Waals surface area contributed by atoms with Crippen LogP contribution in [0.3, 0.4) is 0 Å². The molecule has 0 saturated carbocycles. The molecule has 0 aliphatic carbocycles. The van der Waals surface area contributed by atoms with Crippen molar-refractivity contribution in [1.82, 2.24) is 19.7 Å². The van der Waals surface area contributed by atoms with Crippen LogP contribution in [0.5, 0.6) is 0 Å². The molecule has 5 rings (SSSR count). The number of pyridine rings is 1. The van der Waals surface area contributed by atoms with E-state index in [9.17, 15) is 4.79 Å². The predicted octanol–water partition coefficient (Wildman–Crippen LogP) is 6.23. The first-order valence-electron chi connectivity index (χ1n) is 10.3. The summed E-state index contributed by atoms with van der Waals surface area (Å²) >= 11 is 18.8. The Hall–Kier alpha value is -3.39. The van der Waals surface area contributed by atoms with Gasteiger partial charge < -0.3 is 10.6 Å². The lowest BCUT2D eigenvalue weighted by Crippen LogP contribution is -2.31. The largest absolute Gasteiger partial charge is 0.328 e. The van der Waals surface area contributed by atoms with Crippen LogP contribution in [0, 0.1) is 0 Å². The number of halogens is 3. The second kappa shape index (κ2) is 9.10. The van der Waals surface area contributed by atoms with Gasteiger partial charge in [-0.05, 0) is 55.5 Å². The molecule has 34 heavy (non-hydrogen) atoms. The van der Waals surface area contributed by atoms with Gasteiger partial charge in [0.25, 0.3) is 5.91 Å². The van der Waals surface area contributed by atoms with E-state index in [2.05, 4.69) is 20.6 Å². The average molecular weight is 512 g/mol. The number of anilines is 2. The number of amides is 1. The van der Waals surface area contributed by atoms with Crippen LogP contribution < -0.4 is 10.6 Å². The number of hydrogen-bond acceptors (Lipinski definition) is 5. The molecule has 0 bridgehead atoms. The first-order valence-corrected chi connectivity index (χ1v) is 11.4. The Morgan fingerprint density at radius 1 is 1.03 bits per heavy atom. The summed E-state index contributed by atoms with van der Waals surface area (Å²) in [6, 6.07) is 17.0. The number of aromatic nitrogens is 4. The normalized spacial score (nSPS) is 15.0. The van der Waals surface area contributed by atoms with Crippen molar-refractivity contribution in [2.45, 2.75) is 13.0 Å². The monoisotopic (exact) mass is 510 g/mol. The third kappa shape index (κ3) is 4.25. The number of carbonyl (C=O) groups is 1. The van der Waals surface area contributed by atoms with Gasteiger partial charge in [0.2, 0.25) is 5.95 Å². The van der Waals surface area contributed by atoms with Gasteiger partial charge in [0.05, 0.1) is 5.57 Å². The lowest BCUT2D eigenvalue weighted by molar-refractivity contribution is -0.113. The molecule has 2 aromatic heterocycles. The molecule has 2 aromatic carbocycles. The van der Waals surface area contributed by atoms with E-state index in [1.807, 2.05) is 19.1 Å². The molecule has 1 aliphatic heterocycles. The summed E-state index contributed by atoms with van der Waals surface area (Å²) in [5.41, 5.74) is 2.49. The Kier molecular flexibility index (Phi) is 6.00. The summed E-state index contributed by atoms with van der Waals surface area (Å²) in [6.45, 7) is 1.81. The Morgan fingerprint density at radius 3 is 2.50 bits per heavy atom. The van der Waals surface area contributed by atoms with Crippen molar-refractivity contribution in [2.75, 3.05) is 10.6 Å². The maximum absolute atomic E-state index is 13.5. The van der Waals surface area contributed by atoms with E-state index in [1.54, 1.807) is 59.4 Å². The summed E-state index contributed by atoms with van der Waals surface area (Å²) in [5.74, 6) is 1.05. The van der Waals surface area contributed by atoms with Crippen LogP contribution in [0.2, 0.25) is 15.1 Å². The maximum Gasteiger partial charge on any atom is 0.257 e. The van der Waals surface area contributed by atoms with Gasteiger partial charge in [-0.1, -0.05) is 46.9 Å². The van der Waals surface area contributed by atoms with Crippen molar-refractivity contribution >= 4 is 52.5 Å². The SMILES string of the molecule is CC1=C(C(=O)Nc2ccccn2)C(c2ccc(Cl)cc2Cl)n2nc(-c3ccc(Cl)cc3)nc2N1. The van der Waals surface area contributed by atoms with Crippen molar-refractivity contribution in [3.8, 4) is 11.4 Å². The molecule has 1 aliphatic rings. The topological polar surface area (TPSA) is 84.7 Å². The summed E-state index contributed by atoms with van der Waals surface area (Å²) in [6.07, 6.45) is 1.61. The van der Waals surface area contributed by atoms with E-state index in [-0.39, 0.29) is 5.91 Å². The number of nitrogens with zero attached hydrogens (tertiary/aromatic N) is 4. The molecular weight excluding hydrogens is 495 g/mol. The number of allylic oxidation sites excluding steroid dienone is 1. The highest BCUT2D eigenvalue weighted by Gasteiger charge is 2.35. The highest BCUT2D eigenvalue weighted by Crippen LogP contribution is 2.40. The van der Waals surface area contributed by atoms with Gasteiger partial charge in [0.1, 0.15) is 11.9 Å². The summed E-state index contributed by atoms with van der Waals surface area (Å²) in [5, 5.41) is 12.3.